The number of amides is 2. The molecule has 0 aliphatic carbocycles. The molecule has 5 rings (SSSR count). The first-order valence-corrected chi connectivity index (χ1v) is 16.2. The van der Waals surface area contributed by atoms with Crippen LogP contribution in [0, 0.1) is 0 Å². The monoisotopic (exact) mass is 724 g/mol. The Morgan fingerprint density at radius 2 is 1.75 bits per heavy atom. The molecule has 2 atom stereocenters. The van der Waals surface area contributed by atoms with Crippen molar-refractivity contribution in [3.63, 3.8) is 0 Å². The number of aryl methyl sites for hydroxylation is 1. The maximum atomic E-state index is 14.8. The van der Waals surface area contributed by atoms with Crippen LogP contribution in [0.3, 0.4) is 0 Å². The number of likely N-dealkylation sites (tertiary alicyclic amines) is 1. The van der Waals surface area contributed by atoms with Crippen LogP contribution in [-0.4, -0.2) is 101 Å². The van der Waals surface area contributed by atoms with Gasteiger partial charge in [-0.25, -0.2) is 0 Å². The van der Waals surface area contributed by atoms with Crippen molar-refractivity contribution in [2.24, 2.45) is 7.05 Å². The van der Waals surface area contributed by atoms with Crippen LogP contribution in [0.15, 0.2) is 61.4 Å². The number of halogens is 6. The van der Waals surface area contributed by atoms with Crippen LogP contribution in [0.5, 0.6) is 11.6 Å². The van der Waals surface area contributed by atoms with E-state index in [1.54, 1.807) is 7.11 Å². The summed E-state index contributed by atoms with van der Waals surface area (Å²) in [6.45, 7) is 5.37. The third kappa shape index (κ3) is 7.92. The van der Waals surface area contributed by atoms with Crippen LogP contribution in [0.25, 0.3) is 0 Å². The smallest absolute Gasteiger partial charge is 0.433 e. The van der Waals surface area contributed by atoms with Gasteiger partial charge in [-0.15, -0.1) is 11.7 Å². The molecule has 3 aromatic rings. The number of carbonyl (C=O) groups excluding carboxylic acids is 2. The quantitative estimate of drug-likeness (QED) is 0.151. The molecule has 1 aromatic carbocycles. The van der Waals surface area contributed by atoms with Crippen molar-refractivity contribution in [2.75, 3.05) is 57.9 Å². The molecule has 0 radical (unpaired) electrons. The zero-order valence-corrected chi connectivity index (χ0v) is 28.0. The van der Waals surface area contributed by atoms with Crippen LogP contribution >= 0.6 is 0 Å². The molecule has 2 aliphatic heterocycles. The predicted molar refractivity (Wildman–Crippen MR) is 172 cm³/mol. The lowest BCUT2D eigenvalue weighted by Crippen LogP contribution is -2.69. The van der Waals surface area contributed by atoms with Crippen molar-refractivity contribution in [3.8, 4) is 11.6 Å². The lowest BCUT2D eigenvalue weighted by atomic mass is 9.80. The second-order valence-corrected chi connectivity index (χ2v) is 12.1. The molecule has 11 nitrogen and oxygen atoms in total. The van der Waals surface area contributed by atoms with Gasteiger partial charge in [-0.1, -0.05) is 18.2 Å². The summed E-state index contributed by atoms with van der Waals surface area (Å²) < 4.78 is 101. The van der Waals surface area contributed by atoms with Gasteiger partial charge in [0.1, 0.15) is 18.1 Å². The minimum absolute atomic E-state index is 0.0639. The molecular formula is C34H38F6N6O5. The first-order valence-electron chi connectivity index (χ1n) is 16.2. The van der Waals surface area contributed by atoms with Crippen LogP contribution in [0.4, 0.5) is 32.0 Å². The summed E-state index contributed by atoms with van der Waals surface area (Å²) >= 11 is 0. The number of methoxy groups -OCH3 is 1. The van der Waals surface area contributed by atoms with Gasteiger partial charge in [0.2, 0.25) is 11.5 Å². The minimum Gasteiger partial charge on any atom is -0.489 e. The fourth-order valence-electron chi connectivity index (χ4n) is 6.62. The molecule has 0 saturated carbocycles. The van der Waals surface area contributed by atoms with E-state index in [4.69, 9.17) is 14.2 Å². The Morgan fingerprint density at radius 1 is 1.02 bits per heavy atom. The summed E-state index contributed by atoms with van der Waals surface area (Å²) in [6, 6.07) is 7.43. The Labute approximate surface area is 290 Å². The van der Waals surface area contributed by atoms with Crippen LogP contribution < -0.4 is 14.4 Å². The van der Waals surface area contributed by atoms with E-state index in [9.17, 15) is 35.9 Å². The first-order chi connectivity index (χ1) is 24.2. The van der Waals surface area contributed by atoms with E-state index in [1.165, 1.54) is 11.0 Å². The number of anilines is 1. The Hall–Kier alpha value is -4.80. The van der Waals surface area contributed by atoms with Crippen molar-refractivity contribution in [1.82, 2.24) is 24.6 Å². The molecular weight excluding hydrogens is 686 g/mol. The van der Waals surface area contributed by atoms with Gasteiger partial charge in [-0.05, 0) is 31.0 Å². The maximum absolute atomic E-state index is 14.8. The Bertz CT molecular complexity index is 1710. The van der Waals surface area contributed by atoms with Gasteiger partial charge in [-0.3, -0.25) is 19.3 Å². The Kier molecular flexibility index (Phi) is 11.2. The number of piperidine rings is 1. The fourth-order valence-corrected chi connectivity index (χ4v) is 6.62. The Morgan fingerprint density at radius 3 is 2.39 bits per heavy atom. The number of alkyl halides is 6. The molecule has 0 unspecified atom stereocenters. The summed E-state index contributed by atoms with van der Waals surface area (Å²) in [7, 11) is 2.63. The van der Waals surface area contributed by atoms with E-state index >= 15 is 0 Å². The molecule has 2 saturated heterocycles. The molecule has 2 amide bonds. The second kappa shape index (κ2) is 15.2. The largest absolute Gasteiger partial charge is 0.489 e. The highest BCUT2D eigenvalue weighted by Gasteiger charge is 2.56. The van der Waals surface area contributed by atoms with Crippen molar-refractivity contribution in [1.29, 1.82) is 0 Å². The summed E-state index contributed by atoms with van der Waals surface area (Å²) in [6.07, 6.45) is -6.71. The topological polar surface area (TPSA) is 102 Å². The lowest BCUT2D eigenvalue weighted by Gasteiger charge is -2.50. The van der Waals surface area contributed by atoms with Gasteiger partial charge in [0.25, 0.3) is 11.8 Å². The predicted octanol–water partition coefficient (Wildman–Crippen LogP) is 5.23. The number of piperazine rings is 1. The number of hydrogen-bond donors (Lipinski definition) is 0. The standard InChI is InChI=1S/C34H38F6N6O5/c1-4-8-27-32(51-29-21-28(34(38,39)40)43(2)42-29,12-7-14-46(27)30(47)23-22-41-13-11-24(23)33(35,36)37)31(48)45-17-15-44(16-18-45)25-9-5-6-10-26(25)50-20-19-49-3/h4-6,9-11,13,21-22,27H,1,7-8,12,14-20H2,2-3H3/t27-,32+/m1/s1. The SMILES string of the molecule is C=CC[C@H]1N(C(=O)c2cnccc2C(F)(F)F)CCC[C@@]1(Oc1cc(C(F)(F)F)n(C)n1)C(=O)N1CCN(c2ccccc2OCCOC)CC1. The highest BCUT2D eigenvalue weighted by Crippen LogP contribution is 2.41. The zero-order valence-electron chi connectivity index (χ0n) is 28.0. The van der Waals surface area contributed by atoms with Crippen molar-refractivity contribution >= 4 is 17.5 Å². The van der Waals surface area contributed by atoms with E-state index in [2.05, 4.69) is 16.7 Å². The number of ether oxygens (including phenoxy) is 3. The van der Waals surface area contributed by atoms with Crippen LogP contribution in [-0.2, 0) is 28.9 Å². The lowest BCUT2D eigenvalue weighted by molar-refractivity contribution is -0.159. The minimum atomic E-state index is -4.89. The highest BCUT2D eigenvalue weighted by atomic mass is 19.4. The number of pyridine rings is 1. The maximum Gasteiger partial charge on any atom is 0.433 e. The highest BCUT2D eigenvalue weighted by molar-refractivity contribution is 5.97. The average molecular weight is 725 g/mol. The van der Waals surface area contributed by atoms with E-state index in [0.29, 0.717) is 48.9 Å². The first kappa shape index (κ1) is 37.5. The number of nitrogens with zero attached hydrogens (tertiary/aromatic N) is 6. The molecule has 0 spiro atoms. The fraction of sp³-hybridized carbons (Fsp3) is 0.471. The van der Waals surface area contributed by atoms with Crippen LogP contribution in [0.2, 0.25) is 0 Å². The molecule has 0 bridgehead atoms. The molecule has 17 heteroatoms. The summed E-state index contributed by atoms with van der Waals surface area (Å²) in [5, 5.41) is 3.89. The summed E-state index contributed by atoms with van der Waals surface area (Å²) in [5.74, 6) is -1.61. The normalized spacial score (nSPS) is 19.9. The van der Waals surface area contributed by atoms with E-state index in [-0.39, 0.29) is 38.9 Å². The number of carbonyl (C=O) groups is 2. The molecule has 51 heavy (non-hydrogen) atoms. The van der Waals surface area contributed by atoms with Gasteiger partial charge < -0.3 is 28.9 Å². The van der Waals surface area contributed by atoms with Gasteiger partial charge in [-0.2, -0.15) is 26.3 Å². The second-order valence-electron chi connectivity index (χ2n) is 12.1. The third-order valence-electron chi connectivity index (χ3n) is 8.98. The van der Waals surface area contributed by atoms with Crippen molar-refractivity contribution in [2.45, 2.75) is 43.3 Å². The zero-order chi connectivity index (χ0) is 37.0. The molecule has 2 aromatic heterocycles. The molecule has 276 valence electrons. The third-order valence-corrected chi connectivity index (χ3v) is 8.98. The van der Waals surface area contributed by atoms with E-state index in [1.807, 2.05) is 29.2 Å². The van der Waals surface area contributed by atoms with Gasteiger partial charge in [0, 0.05) is 71.8 Å². The number of hydrogen-bond acceptors (Lipinski definition) is 8. The Balaban J connectivity index is 1.51. The van der Waals surface area contributed by atoms with E-state index in [0.717, 1.165) is 30.0 Å². The van der Waals surface area contributed by atoms with E-state index < -0.39 is 58.5 Å². The van der Waals surface area contributed by atoms with Gasteiger partial charge in [0.15, 0.2) is 0 Å². The molecule has 4 heterocycles. The number of aromatic nitrogens is 3. The molecule has 0 N–H and O–H groups in total. The van der Waals surface area contributed by atoms with Gasteiger partial charge in [0.05, 0.1) is 29.5 Å². The average Bonchev–Trinajstić information content (AvgIpc) is 3.48. The van der Waals surface area contributed by atoms with Crippen molar-refractivity contribution < 1.29 is 50.1 Å². The van der Waals surface area contributed by atoms with Crippen LogP contribution in [0.1, 0.15) is 40.9 Å². The van der Waals surface area contributed by atoms with Crippen molar-refractivity contribution in [3.05, 3.63) is 78.3 Å². The number of rotatable bonds is 11. The summed E-state index contributed by atoms with van der Waals surface area (Å²) in [5.41, 5.74) is -4.35. The molecule has 2 aliphatic rings. The molecule has 2 fully saturated rings. The number of benzene rings is 1. The van der Waals surface area contributed by atoms with Gasteiger partial charge >= 0.3 is 12.4 Å². The number of para-hydroxylation sites is 2. The summed E-state index contributed by atoms with van der Waals surface area (Å²) in [4.78, 5) is 37.1.